The molecule has 4 rings (SSSR count). The van der Waals surface area contributed by atoms with E-state index < -0.39 is 12.6 Å². The van der Waals surface area contributed by atoms with Crippen LogP contribution in [-0.2, 0) is 6.54 Å². The zero-order valence-corrected chi connectivity index (χ0v) is 23.5. The third-order valence-electron chi connectivity index (χ3n) is 7.38. The number of hydrogen-bond donors (Lipinski definition) is 2. The van der Waals surface area contributed by atoms with Crippen molar-refractivity contribution in [1.82, 2.24) is 24.5 Å². The van der Waals surface area contributed by atoms with Crippen molar-refractivity contribution in [2.24, 2.45) is 0 Å². The van der Waals surface area contributed by atoms with Gasteiger partial charge in [-0.3, -0.25) is 19.4 Å². The van der Waals surface area contributed by atoms with E-state index >= 15 is 0 Å². The molecule has 2 atom stereocenters. The van der Waals surface area contributed by atoms with E-state index in [1.165, 1.54) is 0 Å². The van der Waals surface area contributed by atoms with Gasteiger partial charge < -0.3 is 14.7 Å². The maximum Gasteiger partial charge on any atom is 0.270 e. The zero-order chi connectivity index (χ0) is 27.7. The van der Waals surface area contributed by atoms with Crippen molar-refractivity contribution < 1.29 is 18.0 Å². The Labute approximate surface area is 228 Å². The SMILES string of the molecule is Cc1cc(C)c(CNC(=O)c2cc3cc(Br)cn3c(C(C)N3CCN(CC(F)C(F)F)CC3)c2C)c(=O)[nH]1. The Kier molecular flexibility index (Phi) is 8.68. The lowest BCUT2D eigenvalue weighted by Gasteiger charge is -2.39. The van der Waals surface area contributed by atoms with Crippen LogP contribution in [0.5, 0.6) is 0 Å². The molecule has 0 radical (unpaired) electrons. The third-order valence-corrected chi connectivity index (χ3v) is 7.81. The van der Waals surface area contributed by atoms with E-state index in [0.29, 0.717) is 37.3 Å². The topological polar surface area (TPSA) is 72.9 Å². The second-order valence-corrected chi connectivity index (χ2v) is 10.9. The Hall–Kier alpha value is -2.63. The Morgan fingerprint density at radius 2 is 1.79 bits per heavy atom. The molecule has 206 valence electrons. The van der Waals surface area contributed by atoms with Crippen molar-refractivity contribution >= 4 is 27.4 Å². The molecule has 1 aliphatic heterocycles. The lowest BCUT2D eigenvalue weighted by atomic mass is 10.00. The van der Waals surface area contributed by atoms with Crippen molar-refractivity contribution in [2.75, 3.05) is 32.7 Å². The van der Waals surface area contributed by atoms with Gasteiger partial charge in [0.05, 0.1) is 0 Å². The number of aromatic nitrogens is 2. The Morgan fingerprint density at radius 3 is 2.42 bits per heavy atom. The Bertz CT molecular complexity index is 1380. The van der Waals surface area contributed by atoms with Gasteiger partial charge in [0.25, 0.3) is 17.9 Å². The number of aromatic amines is 1. The monoisotopic (exact) mass is 595 g/mol. The summed E-state index contributed by atoms with van der Waals surface area (Å²) < 4.78 is 41.8. The van der Waals surface area contributed by atoms with Crippen LogP contribution in [0.2, 0.25) is 0 Å². The summed E-state index contributed by atoms with van der Waals surface area (Å²) >= 11 is 3.54. The number of alkyl halides is 3. The van der Waals surface area contributed by atoms with Crippen molar-refractivity contribution in [3.05, 3.63) is 72.9 Å². The van der Waals surface area contributed by atoms with Gasteiger partial charge in [0.15, 0.2) is 6.17 Å². The molecule has 3 aromatic heterocycles. The number of H-pyrrole nitrogens is 1. The standard InChI is InChI=1S/C27H33BrF3N5O2/c1-15-9-16(2)33-27(38)22(15)12-32-26(37)21-11-20-10-19(28)13-36(20)24(17(21)3)18(4)35-7-5-34(6-8-35)14-23(29)25(30)31/h9-11,13,18,23,25H,5-8,12,14H2,1-4H3,(H,32,37)(H,33,38). The highest BCUT2D eigenvalue weighted by Crippen LogP contribution is 2.31. The highest BCUT2D eigenvalue weighted by atomic mass is 79.9. The van der Waals surface area contributed by atoms with Gasteiger partial charge in [0.2, 0.25) is 0 Å². The normalized spacial score (nSPS) is 16.8. The van der Waals surface area contributed by atoms with Gasteiger partial charge in [-0.2, -0.15) is 0 Å². The molecule has 1 saturated heterocycles. The molecule has 11 heteroatoms. The minimum absolute atomic E-state index is 0.0924. The molecule has 1 amide bonds. The summed E-state index contributed by atoms with van der Waals surface area (Å²) in [6.07, 6.45) is -3.16. The fourth-order valence-electron chi connectivity index (χ4n) is 5.29. The molecule has 38 heavy (non-hydrogen) atoms. The smallest absolute Gasteiger partial charge is 0.270 e. The minimum Gasteiger partial charge on any atom is -0.348 e. The van der Waals surface area contributed by atoms with Crippen LogP contribution >= 0.6 is 15.9 Å². The van der Waals surface area contributed by atoms with E-state index in [0.717, 1.165) is 32.5 Å². The fourth-order valence-corrected chi connectivity index (χ4v) is 5.73. The molecule has 1 fully saturated rings. The first-order valence-corrected chi connectivity index (χ1v) is 13.4. The van der Waals surface area contributed by atoms with Crippen LogP contribution in [0, 0.1) is 20.8 Å². The fraction of sp³-hybridized carbons (Fsp3) is 0.481. The van der Waals surface area contributed by atoms with Crippen molar-refractivity contribution in [1.29, 1.82) is 0 Å². The number of nitrogens with zero attached hydrogens (tertiary/aromatic N) is 3. The quantitative estimate of drug-likeness (QED) is 0.401. The summed E-state index contributed by atoms with van der Waals surface area (Å²) in [5.74, 6) is -0.277. The highest BCUT2D eigenvalue weighted by Gasteiger charge is 2.29. The van der Waals surface area contributed by atoms with Crippen LogP contribution in [0.4, 0.5) is 13.2 Å². The number of pyridine rings is 2. The molecule has 2 N–H and O–H groups in total. The molecule has 1 aliphatic rings. The first-order chi connectivity index (χ1) is 18.0. The van der Waals surface area contributed by atoms with Crippen LogP contribution in [-0.4, -0.2) is 70.4 Å². The second-order valence-electron chi connectivity index (χ2n) is 10.0. The van der Waals surface area contributed by atoms with Crippen molar-refractivity contribution in [2.45, 2.75) is 52.9 Å². The maximum absolute atomic E-state index is 13.5. The van der Waals surface area contributed by atoms with Crippen molar-refractivity contribution in [3.8, 4) is 0 Å². The molecular weight excluding hydrogens is 563 g/mol. The number of halogens is 4. The van der Waals surface area contributed by atoms with E-state index in [4.69, 9.17) is 0 Å². The lowest BCUT2D eigenvalue weighted by Crippen LogP contribution is -2.49. The van der Waals surface area contributed by atoms with Crippen LogP contribution < -0.4 is 10.9 Å². The molecule has 3 aromatic rings. The second kappa shape index (κ2) is 11.6. The van der Waals surface area contributed by atoms with Gasteiger partial charge in [-0.25, -0.2) is 13.2 Å². The maximum atomic E-state index is 13.5. The minimum atomic E-state index is -2.97. The molecular formula is C27H33BrF3N5O2. The average molecular weight is 596 g/mol. The molecule has 2 unspecified atom stereocenters. The first kappa shape index (κ1) is 28.4. The summed E-state index contributed by atoms with van der Waals surface area (Å²) in [6.45, 7) is 9.61. The number of fused-ring (bicyclic) bond motifs is 1. The van der Waals surface area contributed by atoms with E-state index in [2.05, 4.69) is 42.5 Å². The number of carbonyl (C=O) groups excluding carboxylic acids is 1. The Balaban J connectivity index is 1.57. The van der Waals surface area contributed by atoms with E-state index in [1.54, 1.807) is 4.90 Å². The lowest BCUT2D eigenvalue weighted by molar-refractivity contribution is 0.0123. The van der Waals surface area contributed by atoms with Crippen molar-refractivity contribution in [3.63, 3.8) is 0 Å². The van der Waals surface area contributed by atoms with Gasteiger partial charge in [-0.05, 0) is 73.0 Å². The summed E-state index contributed by atoms with van der Waals surface area (Å²) in [4.78, 5) is 32.5. The van der Waals surface area contributed by atoms with Crippen LogP contribution in [0.25, 0.3) is 5.52 Å². The van der Waals surface area contributed by atoms with Crippen LogP contribution in [0.1, 0.15) is 51.4 Å². The molecule has 4 heterocycles. The van der Waals surface area contributed by atoms with E-state index in [9.17, 15) is 22.8 Å². The third kappa shape index (κ3) is 6.00. The number of nitrogens with one attached hydrogen (secondary N) is 2. The van der Waals surface area contributed by atoms with Gasteiger partial charge in [0, 0.05) is 84.0 Å². The predicted octanol–water partition coefficient (Wildman–Crippen LogP) is 4.53. The molecule has 0 aromatic carbocycles. The highest BCUT2D eigenvalue weighted by molar-refractivity contribution is 9.10. The molecule has 7 nitrogen and oxygen atoms in total. The number of aryl methyl sites for hydroxylation is 2. The summed E-state index contributed by atoms with van der Waals surface area (Å²) in [7, 11) is 0. The number of amides is 1. The van der Waals surface area contributed by atoms with E-state index in [-0.39, 0.29) is 30.6 Å². The summed E-state index contributed by atoms with van der Waals surface area (Å²) in [5, 5.41) is 2.91. The van der Waals surface area contributed by atoms with Crippen LogP contribution in [0.3, 0.4) is 0 Å². The van der Waals surface area contributed by atoms with Gasteiger partial charge >= 0.3 is 0 Å². The Morgan fingerprint density at radius 1 is 1.11 bits per heavy atom. The summed E-state index contributed by atoms with van der Waals surface area (Å²) in [5.41, 5.74) is 4.98. The molecule has 0 saturated carbocycles. The number of carbonyl (C=O) groups is 1. The number of piperazine rings is 1. The number of rotatable bonds is 8. The summed E-state index contributed by atoms with van der Waals surface area (Å²) in [6, 6.07) is 5.55. The average Bonchev–Trinajstić information content (AvgIpc) is 3.22. The molecule has 0 spiro atoms. The first-order valence-electron chi connectivity index (χ1n) is 12.6. The molecule has 0 aliphatic carbocycles. The number of hydrogen-bond acceptors (Lipinski definition) is 4. The zero-order valence-electron chi connectivity index (χ0n) is 22.0. The predicted molar refractivity (Wildman–Crippen MR) is 145 cm³/mol. The largest absolute Gasteiger partial charge is 0.348 e. The van der Waals surface area contributed by atoms with Gasteiger partial charge in [0.1, 0.15) is 0 Å². The van der Waals surface area contributed by atoms with E-state index in [1.807, 2.05) is 45.2 Å². The van der Waals surface area contributed by atoms with Gasteiger partial charge in [-0.1, -0.05) is 0 Å². The molecule has 0 bridgehead atoms. The van der Waals surface area contributed by atoms with Gasteiger partial charge in [-0.15, -0.1) is 0 Å². The van der Waals surface area contributed by atoms with Crippen LogP contribution in [0.15, 0.2) is 33.7 Å².